The predicted molar refractivity (Wildman–Crippen MR) is 110 cm³/mol. The molecule has 31 heavy (non-hydrogen) atoms. The molecule has 3 heterocycles. The number of nitrogens with one attached hydrogen (secondary N) is 2. The highest BCUT2D eigenvalue weighted by Gasteiger charge is 2.30. The largest absolute Gasteiger partial charge is 0.365 e. The smallest absolute Gasteiger partial charge is 0.272 e. The fraction of sp³-hybridized carbons (Fsp3) is 0.333. The average Bonchev–Trinajstić information content (AvgIpc) is 3.43. The van der Waals surface area contributed by atoms with Crippen LogP contribution in [0, 0.1) is 12.7 Å². The Labute approximate surface area is 178 Å². The van der Waals surface area contributed by atoms with Crippen LogP contribution in [-0.2, 0) is 16.1 Å². The Balaban J connectivity index is 1.34. The van der Waals surface area contributed by atoms with Gasteiger partial charge in [0.1, 0.15) is 11.5 Å². The van der Waals surface area contributed by atoms with E-state index in [1.807, 2.05) is 19.2 Å². The van der Waals surface area contributed by atoms with Crippen molar-refractivity contribution in [1.82, 2.24) is 30.2 Å². The zero-order valence-electron chi connectivity index (χ0n) is 17.0. The minimum atomic E-state index is -0.758. The molecular weight excluding hydrogens is 403 g/mol. The van der Waals surface area contributed by atoms with Crippen molar-refractivity contribution in [2.75, 3.05) is 26.2 Å². The van der Waals surface area contributed by atoms with Gasteiger partial charge in [0.15, 0.2) is 6.10 Å². The number of carbonyl (C=O) groups excluding carboxylic acids is 2. The van der Waals surface area contributed by atoms with E-state index in [0.717, 1.165) is 5.69 Å². The van der Waals surface area contributed by atoms with Gasteiger partial charge in [-0.1, -0.05) is 12.1 Å². The van der Waals surface area contributed by atoms with Gasteiger partial charge in [0.25, 0.3) is 11.8 Å². The molecule has 9 nitrogen and oxygen atoms in total. The molecule has 2 N–H and O–H groups in total. The Morgan fingerprint density at radius 2 is 2.16 bits per heavy atom. The van der Waals surface area contributed by atoms with E-state index in [1.54, 1.807) is 22.9 Å². The van der Waals surface area contributed by atoms with Crippen LogP contribution in [0.5, 0.6) is 0 Å². The van der Waals surface area contributed by atoms with E-state index in [0.29, 0.717) is 30.9 Å². The van der Waals surface area contributed by atoms with Crippen molar-refractivity contribution in [2.45, 2.75) is 19.6 Å². The Kier molecular flexibility index (Phi) is 6.08. The molecule has 1 fully saturated rings. The molecule has 4 rings (SSSR count). The summed E-state index contributed by atoms with van der Waals surface area (Å²) in [5.74, 6) is -1.01. The number of ether oxygens (including phenoxy) is 1. The molecule has 0 spiro atoms. The third-order valence-electron chi connectivity index (χ3n) is 5.02. The summed E-state index contributed by atoms with van der Waals surface area (Å²) in [6.45, 7) is 3.57. The van der Waals surface area contributed by atoms with Gasteiger partial charge in [0.2, 0.25) is 0 Å². The molecule has 162 valence electrons. The Hall–Kier alpha value is -3.53. The highest BCUT2D eigenvalue weighted by atomic mass is 19.1. The van der Waals surface area contributed by atoms with E-state index in [9.17, 15) is 14.0 Å². The minimum absolute atomic E-state index is 0.125. The van der Waals surface area contributed by atoms with E-state index in [4.69, 9.17) is 4.74 Å². The van der Waals surface area contributed by atoms with Gasteiger partial charge in [-0.3, -0.25) is 19.4 Å². The topological polar surface area (TPSA) is 105 Å². The monoisotopic (exact) mass is 426 g/mol. The molecule has 1 saturated heterocycles. The number of aromatic amines is 1. The quantitative estimate of drug-likeness (QED) is 0.620. The summed E-state index contributed by atoms with van der Waals surface area (Å²) in [4.78, 5) is 26.9. The summed E-state index contributed by atoms with van der Waals surface area (Å²) in [6, 6.07) is 9.63. The van der Waals surface area contributed by atoms with E-state index in [-0.39, 0.29) is 30.7 Å². The number of hydrogen-bond donors (Lipinski definition) is 2. The number of benzene rings is 1. The normalized spacial score (nSPS) is 16.3. The van der Waals surface area contributed by atoms with E-state index in [2.05, 4.69) is 20.6 Å². The first-order valence-electron chi connectivity index (χ1n) is 10.0. The number of hydrogen-bond acceptors (Lipinski definition) is 5. The molecule has 1 aromatic carbocycles. The first kappa shape index (κ1) is 20.7. The number of nitrogens with zero attached hydrogens (tertiary/aromatic N) is 4. The second-order valence-corrected chi connectivity index (χ2v) is 7.27. The van der Waals surface area contributed by atoms with Crippen LogP contribution in [0.2, 0.25) is 0 Å². The zero-order chi connectivity index (χ0) is 21.8. The van der Waals surface area contributed by atoms with Gasteiger partial charge in [-0.15, -0.1) is 0 Å². The standard InChI is InChI=1S/C21H23FN6O3/c1-14-6-8-28(26-14)9-7-23-20(29)19-13-27(10-11-31-19)21(30)18-12-17(24-25-18)15-4-2-3-5-16(15)22/h2-6,8,12,19H,7,9-11,13H2,1H3,(H,23,29)(H,24,25). The van der Waals surface area contributed by atoms with Crippen LogP contribution in [0.1, 0.15) is 16.2 Å². The second kappa shape index (κ2) is 9.09. The highest BCUT2D eigenvalue weighted by Crippen LogP contribution is 2.21. The lowest BCUT2D eigenvalue weighted by atomic mass is 10.1. The summed E-state index contributed by atoms with van der Waals surface area (Å²) in [5, 5.41) is 13.8. The van der Waals surface area contributed by atoms with Crippen molar-refractivity contribution in [1.29, 1.82) is 0 Å². The van der Waals surface area contributed by atoms with Crippen molar-refractivity contribution in [3.8, 4) is 11.3 Å². The summed E-state index contributed by atoms with van der Waals surface area (Å²) >= 11 is 0. The number of halogens is 1. The van der Waals surface area contributed by atoms with Crippen molar-refractivity contribution >= 4 is 11.8 Å². The van der Waals surface area contributed by atoms with Gasteiger partial charge in [-0.25, -0.2) is 4.39 Å². The Bertz CT molecular complexity index is 1080. The molecule has 2 amide bonds. The first-order valence-corrected chi connectivity index (χ1v) is 10.0. The molecule has 0 saturated carbocycles. The van der Waals surface area contributed by atoms with Gasteiger partial charge in [-0.2, -0.15) is 10.2 Å². The first-order chi connectivity index (χ1) is 15.0. The molecule has 1 unspecified atom stereocenters. The van der Waals surface area contributed by atoms with E-state index in [1.165, 1.54) is 17.0 Å². The molecule has 10 heteroatoms. The molecule has 1 aliphatic rings. The molecule has 0 radical (unpaired) electrons. The van der Waals surface area contributed by atoms with Crippen LogP contribution in [0.3, 0.4) is 0 Å². The fourth-order valence-electron chi connectivity index (χ4n) is 3.40. The number of aromatic nitrogens is 4. The van der Waals surface area contributed by atoms with Crippen molar-refractivity contribution < 1.29 is 18.7 Å². The maximum Gasteiger partial charge on any atom is 0.272 e. The maximum atomic E-state index is 14.0. The third kappa shape index (κ3) is 4.80. The second-order valence-electron chi connectivity index (χ2n) is 7.27. The maximum absolute atomic E-state index is 14.0. The van der Waals surface area contributed by atoms with Gasteiger partial charge in [-0.05, 0) is 31.2 Å². The molecule has 0 bridgehead atoms. The predicted octanol–water partition coefficient (Wildman–Crippen LogP) is 1.38. The highest BCUT2D eigenvalue weighted by molar-refractivity contribution is 5.94. The number of H-pyrrole nitrogens is 1. The van der Waals surface area contributed by atoms with Crippen LogP contribution in [0.25, 0.3) is 11.3 Å². The number of rotatable bonds is 6. The summed E-state index contributed by atoms with van der Waals surface area (Å²) in [6.07, 6.45) is 1.09. The SMILES string of the molecule is Cc1ccn(CCNC(=O)C2CN(C(=O)c3cc(-c4ccccc4F)n[nH]3)CCO2)n1. The van der Waals surface area contributed by atoms with Crippen molar-refractivity contribution in [3.05, 3.63) is 59.8 Å². The van der Waals surface area contributed by atoms with Crippen LogP contribution in [0.15, 0.2) is 42.6 Å². The summed E-state index contributed by atoms with van der Waals surface area (Å²) < 4.78 is 21.3. The van der Waals surface area contributed by atoms with Crippen molar-refractivity contribution in [3.63, 3.8) is 0 Å². The lowest BCUT2D eigenvalue weighted by Crippen LogP contribution is -2.52. The fourth-order valence-corrected chi connectivity index (χ4v) is 3.40. The van der Waals surface area contributed by atoms with E-state index < -0.39 is 11.9 Å². The Morgan fingerprint density at radius 1 is 1.32 bits per heavy atom. The summed E-state index contributed by atoms with van der Waals surface area (Å²) in [7, 11) is 0. The van der Waals surface area contributed by atoms with Crippen LogP contribution >= 0.6 is 0 Å². The van der Waals surface area contributed by atoms with E-state index >= 15 is 0 Å². The summed E-state index contributed by atoms with van der Waals surface area (Å²) in [5.41, 5.74) is 1.80. The van der Waals surface area contributed by atoms with Gasteiger partial charge < -0.3 is 15.0 Å². The molecule has 0 aliphatic carbocycles. The molecule has 3 aromatic rings. The van der Waals surface area contributed by atoms with Crippen LogP contribution in [0.4, 0.5) is 4.39 Å². The van der Waals surface area contributed by atoms with Crippen LogP contribution < -0.4 is 5.32 Å². The van der Waals surface area contributed by atoms with Gasteiger partial charge >= 0.3 is 0 Å². The van der Waals surface area contributed by atoms with Gasteiger partial charge in [0.05, 0.1) is 31.1 Å². The molecular formula is C21H23FN6O3. The number of amides is 2. The minimum Gasteiger partial charge on any atom is -0.365 e. The molecule has 2 aromatic heterocycles. The molecule has 1 atom stereocenters. The zero-order valence-corrected chi connectivity index (χ0v) is 17.0. The lowest BCUT2D eigenvalue weighted by Gasteiger charge is -2.31. The van der Waals surface area contributed by atoms with Crippen molar-refractivity contribution in [2.24, 2.45) is 0 Å². The molecule has 1 aliphatic heterocycles. The number of morpholine rings is 1. The van der Waals surface area contributed by atoms with Gasteiger partial charge in [0, 0.05) is 24.8 Å². The lowest BCUT2D eigenvalue weighted by molar-refractivity contribution is -0.137. The number of aryl methyl sites for hydroxylation is 1. The van der Waals surface area contributed by atoms with Crippen LogP contribution in [-0.4, -0.2) is 69.0 Å². The Morgan fingerprint density at radius 3 is 2.94 bits per heavy atom. The third-order valence-corrected chi connectivity index (χ3v) is 5.02. The average molecular weight is 426 g/mol. The number of carbonyl (C=O) groups is 2.